The fourth-order valence-electron chi connectivity index (χ4n) is 2.62. The second-order valence-electron chi connectivity index (χ2n) is 5.41. The molecule has 0 fully saturated rings. The van der Waals surface area contributed by atoms with Crippen LogP contribution in [0.1, 0.15) is 23.1 Å². The maximum atomic E-state index is 11.9. The van der Waals surface area contributed by atoms with Gasteiger partial charge in [-0.15, -0.1) is 0 Å². The predicted molar refractivity (Wildman–Crippen MR) is 92.1 cm³/mol. The highest BCUT2D eigenvalue weighted by Gasteiger charge is 2.11. The molecule has 23 heavy (non-hydrogen) atoms. The van der Waals surface area contributed by atoms with Gasteiger partial charge in [0.25, 0.3) is 5.91 Å². The van der Waals surface area contributed by atoms with Crippen molar-refractivity contribution < 1.29 is 9.63 Å². The van der Waals surface area contributed by atoms with E-state index in [4.69, 9.17) is 16.4 Å². The minimum atomic E-state index is -0.237. The maximum absolute atomic E-state index is 11.9. The van der Waals surface area contributed by atoms with E-state index in [1.165, 1.54) is 23.8 Å². The van der Waals surface area contributed by atoms with Crippen LogP contribution >= 0.6 is 11.6 Å². The van der Waals surface area contributed by atoms with Gasteiger partial charge in [-0.25, -0.2) is 0 Å². The molecule has 0 aliphatic heterocycles. The summed E-state index contributed by atoms with van der Waals surface area (Å²) < 4.78 is 0. The van der Waals surface area contributed by atoms with Crippen LogP contribution in [-0.2, 0) is 22.5 Å². The van der Waals surface area contributed by atoms with E-state index in [0.717, 1.165) is 24.1 Å². The molecule has 0 bridgehead atoms. The van der Waals surface area contributed by atoms with Crippen LogP contribution in [0, 0.1) is 0 Å². The Bertz CT molecular complexity index is 744. The van der Waals surface area contributed by atoms with Crippen molar-refractivity contribution in [2.45, 2.75) is 19.3 Å². The lowest BCUT2D eigenvalue weighted by Crippen LogP contribution is -2.17. The lowest BCUT2D eigenvalue weighted by molar-refractivity contribution is -0.120. The molecule has 118 valence electrons. The Balaban J connectivity index is 1.49. The van der Waals surface area contributed by atoms with Crippen molar-refractivity contribution in [2.75, 3.05) is 11.9 Å². The third-order valence-electron chi connectivity index (χ3n) is 3.75. The van der Waals surface area contributed by atoms with Gasteiger partial charge in [0.2, 0.25) is 0 Å². The summed E-state index contributed by atoms with van der Waals surface area (Å²) >= 11 is 5.99. The maximum Gasteiger partial charge on any atom is 0.265 e. The fraction of sp³-hybridized carbons (Fsp3) is 0.222. The zero-order valence-electron chi connectivity index (χ0n) is 12.6. The third kappa shape index (κ3) is 4.11. The van der Waals surface area contributed by atoms with Crippen molar-refractivity contribution in [3.63, 3.8) is 0 Å². The smallest absolute Gasteiger partial charge is 0.265 e. The van der Waals surface area contributed by atoms with Crippen molar-refractivity contribution in [1.29, 1.82) is 0 Å². The van der Waals surface area contributed by atoms with Gasteiger partial charge < -0.3 is 10.2 Å². The molecule has 0 heterocycles. The average Bonchev–Trinajstić information content (AvgIpc) is 3.01. The molecular weight excluding hydrogens is 312 g/mol. The van der Waals surface area contributed by atoms with Crippen LogP contribution in [0.4, 0.5) is 5.69 Å². The van der Waals surface area contributed by atoms with Crippen LogP contribution in [0.25, 0.3) is 0 Å². The zero-order chi connectivity index (χ0) is 16.1. The van der Waals surface area contributed by atoms with E-state index in [9.17, 15) is 4.79 Å². The third-order valence-corrected chi connectivity index (χ3v) is 4.09. The van der Waals surface area contributed by atoms with Gasteiger partial charge in [0.1, 0.15) is 0 Å². The molecule has 1 aliphatic carbocycles. The van der Waals surface area contributed by atoms with Crippen molar-refractivity contribution in [2.24, 2.45) is 5.16 Å². The number of carbonyl (C=O) groups excluding carboxylic acids is 1. The van der Waals surface area contributed by atoms with Crippen molar-refractivity contribution in [1.82, 2.24) is 0 Å². The number of anilines is 1. The van der Waals surface area contributed by atoms with E-state index >= 15 is 0 Å². The van der Waals surface area contributed by atoms with Gasteiger partial charge in [-0.2, -0.15) is 0 Å². The summed E-state index contributed by atoms with van der Waals surface area (Å²) in [5.41, 5.74) is 4.24. The van der Waals surface area contributed by atoms with E-state index in [-0.39, 0.29) is 12.5 Å². The van der Waals surface area contributed by atoms with Gasteiger partial charge in [0.15, 0.2) is 6.61 Å². The first-order valence-electron chi connectivity index (χ1n) is 7.54. The van der Waals surface area contributed by atoms with Crippen LogP contribution in [-0.4, -0.2) is 18.7 Å². The number of nitrogens with one attached hydrogen (secondary N) is 1. The molecule has 0 atom stereocenters. The molecular formula is C18H17ClN2O2. The van der Waals surface area contributed by atoms with Crippen molar-refractivity contribution in [3.8, 4) is 0 Å². The normalized spacial score (nSPS) is 13.1. The van der Waals surface area contributed by atoms with Crippen LogP contribution < -0.4 is 5.32 Å². The molecule has 0 saturated heterocycles. The fourth-order valence-corrected chi connectivity index (χ4v) is 2.80. The van der Waals surface area contributed by atoms with Gasteiger partial charge in [-0.3, -0.25) is 4.79 Å². The van der Waals surface area contributed by atoms with E-state index < -0.39 is 0 Å². The number of carbonyl (C=O) groups is 1. The molecule has 0 aromatic heterocycles. The number of hydrogen-bond acceptors (Lipinski definition) is 3. The number of amides is 1. The van der Waals surface area contributed by atoms with E-state index in [2.05, 4.69) is 16.5 Å². The number of oxime groups is 1. The molecule has 4 nitrogen and oxygen atoms in total. The van der Waals surface area contributed by atoms with Gasteiger partial charge in [-0.1, -0.05) is 41.0 Å². The lowest BCUT2D eigenvalue weighted by Gasteiger charge is -2.06. The highest BCUT2D eigenvalue weighted by Crippen LogP contribution is 2.24. The predicted octanol–water partition coefficient (Wildman–Crippen LogP) is 3.82. The zero-order valence-corrected chi connectivity index (χ0v) is 13.3. The van der Waals surface area contributed by atoms with Gasteiger partial charge in [0, 0.05) is 16.3 Å². The molecule has 1 amide bonds. The lowest BCUT2D eigenvalue weighted by atomic mass is 10.1. The monoisotopic (exact) mass is 328 g/mol. The van der Waals surface area contributed by atoms with Crippen LogP contribution in [0.15, 0.2) is 47.6 Å². The summed E-state index contributed by atoms with van der Waals surface area (Å²) in [5.74, 6) is -0.237. The summed E-state index contributed by atoms with van der Waals surface area (Å²) in [6.07, 6.45) is 4.89. The molecule has 0 radical (unpaired) electrons. The van der Waals surface area contributed by atoms with E-state index in [1.54, 1.807) is 6.07 Å². The minimum absolute atomic E-state index is 0.141. The Kier molecular flexibility index (Phi) is 4.93. The molecule has 1 aliphatic rings. The summed E-state index contributed by atoms with van der Waals surface area (Å²) in [6.45, 7) is -0.141. The average molecular weight is 329 g/mol. The molecule has 2 aromatic rings. The quantitative estimate of drug-likeness (QED) is 0.670. The molecule has 2 aromatic carbocycles. The topological polar surface area (TPSA) is 50.7 Å². The van der Waals surface area contributed by atoms with Crippen molar-refractivity contribution in [3.05, 3.63) is 64.2 Å². The first kappa shape index (κ1) is 15.6. The SMILES string of the molecule is O=C(CO/N=C/c1ccccc1Cl)Nc1ccc2c(c1)CCC2. The number of aryl methyl sites for hydroxylation is 2. The first-order chi connectivity index (χ1) is 11.2. The molecule has 3 rings (SSSR count). The largest absolute Gasteiger partial charge is 0.386 e. The molecule has 5 heteroatoms. The number of halogens is 1. The standard InChI is InChI=1S/C18H17ClN2O2/c19-17-7-2-1-4-15(17)11-20-23-12-18(22)21-16-9-8-13-5-3-6-14(13)10-16/h1-2,4,7-11H,3,5-6,12H2,(H,21,22)/b20-11+. The molecule has 1 N–H and O–H groups in total. The highest BCUT2D eigenvalue weighted by molar-refractivity contribution is 6.33. The minimum Gasteiger partial charge on any atom is -0.386 e. The van der Waals surface area contributed by atoms with Crippen molar-refractivity contribution >= 4 is 29.4 Å². The number of hydrogen-bond donors (Lipinski definition) is 1. The van der Waals surface area contributed by atoms with Crippen LogP contribution in [0.5, 0.6) is 0 Å². The first-order valence-corrected chi connectivity index (χ1v) is 7.92. The second-order valence-corrected chi connectivity index (χ2v) is 5.82. The summed E-state index contributed by atoms with van der Waals surface area (Å²) in [4.78, 5) is 16.9. The van der Waals surface area contributed by atoms with Crippen LogP contribution in [0.2, 0.25) is 5.02 Å². The Labute approximate surface area is 140 Å². The highest BCUT2D eigenvalue weighted by atomic mass is 35.5. The summed E-state index contributed by atoms with van der Waals surface area (Å²) in [5, 5.41) is 7.17. The Hall–Kier alpha value is -2.33. The van der Waals surface area contributed by atoms with Crippen LogP contribution in [0.3, 0.4) is 0 Å². The van der Waals surface area contributed by atoms with E-state index in [1.807, 2.05) is 30.3 Å². The van der Waals surface area contributed by atoms with E-state index in [0.29, 0.717) is 5.02 Å². The number of benzene rings is 2. The van der Waals surface area contributed by atoms with Gasteiger partial charge in [0.05, 0.1) is 6.21 Å². The summed E-state index contributed by atoms with van der Waals surface area (Å²) in [7, 11) is 0. The Morgan fingerprint density at radius 3 is 2.91 bits per heavy atom. The molecule has 0 spiro atoms. The Morgan fingerprint density at radius 2 is 2.04 bits per heavy atom. The Morgan fingerprint density at radius 1 is 1.22 bits per heavy atom. The number of nitrogens with zero attached hydrogens (tertiary/aromatic N) is 1. The van der Waals surface area contributed by atoms with Gasteiger partial charge >= 0.3 is 0 Å². The molecule has 0 unspecified atom stereocenters. The number of rotatable bonds is 5. The second kappa shape index (κ2) is 7.29. The van der Waals surface area contributed by atoms with Gasteiger partial charge in [-0.05, 0) is 48.6 Å². The molecule has 0 saturated carbocycles. The summed E-state index contributed by atoms with van der Waals surface area (Å²) in [6, 6.07) is 13.3. The number of fused-ring (bicyclic) bond motifs is 1.